The molecule has 5 heteroatoms. The molecule has 0 fully saturated rings. The highest BCUT2D eigenvalue weighted by Crippen LogP contribution is 2.14. The van der Waals surface area contributed by atoms with Crippen LogP contribution in [-0.2, 0) is 16.6 Å². The van der Waals surface area contributed by atoms with Gasteiger partial charge in [0.1, 0.15) is 12.4 Å². The van der Waals surface area contributed by atoms with Crippen LogP contribution in [-0.4, -0.2) is 32.1 Å². The molecule has 4 nitrogen and oxygen atoms in total. The normalized spacial score (nSPS) is 11.5. The number of sulfonamides is 1. The van der Waals surface area contributed by atoms with Crippen molar-refractivity contribution in [1.82, 2.24) is 4.31 Å². The van der Waals surface area contributed by atoms with Gasteiger partial charge in [0.2, 0.25) is 10.0 Å². The van der Waals surface area contributed by atoms with Crippen molar-refractivity contribution in [3.8, 4) is 5.75 Å². The molecule has 0 amide bonds. The average Bonchev–Trinajstić information content (AvgIpc) is 2.38. The molecule has 0 aliphatic heterocycles. The topological polar surface area (TPSA) is 46.6 Å². The Morgan fingerprint density at radius 3 is 2.47 bits per heavy atom. The van der Waals surface area contributed by atoms with Gasteiger partial charge in [0, 0.05) is 13.6 Å². The maximum absolute atomic E-state index is 11.8. The quantitative estimate of drug-likeness (QED) is 0.688. The Kier molecular flexibility index (Phi) is 6.05. The van der Waals surface area contributed by atoms with Gasteiger partial charge in [0.15, 0.2) is 0 Å². The van der Waals surface area contributed by atoms with Crippen LogP contribution in [0.4, 0.5) is 0 Å². The van der Waals surface area contributed by atoms with E-state index in [-0.39, 0.29) is 5.75 Å². The molecule has 0 atom stereocenters. The van der Waals surface area contributed by atoms with Crippen molar-refractivity contribution in [3.63, 3.8) is 0 Å². The van der Waals surface area contributed by atoms with E-state index in [4.69, 9.17) is 4.74 Å². The van der Waals surface area contributed by atoms with Gasteiger partial charge in [-0.05, 0) is 24.1 Å². The molecule has 0 unspecified atom stereocenters. The van der Waals surface area contributed by atoms with Gasteiger partial charge in [-0.25, -0.2) is 12.7 Å². The number of nitrogens with zero attached hydrogens (tertiary/aromatic N) is 1. The van der Waals surface area contributed by atoms with E-state index in [0.29, 0.717) is 19.6 Å². The second kappa shape index (κ2) is 7.31. The molecule has 0 radical (unpaired) electrons. The standard InChI is InChI=1S/C14H21NO3S/c1-4-10-18-14-8-6-13(7-9-14)12-15(3)19(16,17)11-5-2/h4,6-9H,1,5,10-12H2,2-3H3. The fourth-order valence-corrected chi connectivity index (χ4v) is 2.79. The molecule has 0 saturated carbocycles. The lowest BCUT2D eigenvalue weighted by Gasteiger charge is -2.16. The molecule has 0 aliphatic carbocycles. The summed E-state index contributed by atoms with van der Waals surface area (Å²) in [5.74, 6) is 0.937. The molecule has 0 saturated heterocycles. The first kappa shape index (κ1) is 15.7. The van der Waals surface area contributed by atoms with Crippen molar-refractivity contribution in [2.45, 2.75) is 19.9 Å². The van der Waals surface area contributed by atoms with Gasteiger partial charge in [0.25, 0.3) is 0 Å². The summed E-state index contributed by atoms with van der Waals surface area (Å²) in [5.41, 5.74) is 0.938. The van der Waals surface area contributed by atoms with Crippen LogP contribution in [0.3, 0.4) is 0 Å². The lowest BCUT2D eigenvalue weighted by Crippen LogP contribution is -2.28. The minimum absolute atomic E-state index is 0.185. The van der Waals surface area contributed by atoms with Gasteiger partial charge in [0.05, 0.1) is 5.75 Å². The molecule has 1 rings (SSSR count). The smallest absolute Gasteiger partial charge is 0.214 e. The lowest BCUT2D eigenvalue weighted by atomic mass is 10.2. The van der Waals surface area contributed by atoms with Crippen molar-refractivity contribution in [3.05, 3.63) is 42.5 Å². The van der Waals surface area contributed by atoms with Crippen LogP contribution in [0.25, 0.3) is 0 Å². The summed E-state index contributed by atoms with van der Waals surface area (Å²) in [6, 6.07) is 7.41. The molecule has 0 heterocycles. The summed E-state index contributed by atoms with van der Waals surface area (Å²) >= 11 is 0. The summed E-state index contributed by atoms with van der Waals surface area (Å²) in [7, 11) is -1.54. The summed E-state index contributed by atoms with van der Waals surface area (Å²) < 4.78 is 30.4. The van der Waals surface area contributed by atoms with Crippen LogP contribution < -0.4 is 4.74 Å². The van der Waals surface area contributed by atoms with Gasteiger partial charge < -0.3 is 4.74 Å². The van der Waals surface area contributed by atoms with Crippen LogP contribution >= 0.6 is 0 Å². The van der Waals surface area contributed by atoms with Crippen LogP contribution in [0.1, 0.15) is 18.9 Å². The van der Waals surface area contributed by atoms with E-state index in [1.807, 2.05) is 31.2 Å². The maximum Gasteiger partial charge on any atom is 0.214 e. The monoisotopic (exact) mass is 283 g/mol. The van der Waals surface area contributed by atoms with Gasteiger partial charge in [-0.3, -0.25) is 0 Å². The zero-order valence-electron chi connectivity index (χ0n) is 11.5. The van der Waals surface area contributed by atoms with Gasteiger partial charge in [-0.15, -0.1) is 0 Å². The minimum Gasteiger partial charge on any atom is -0.490 e. The van der Waals surface area contributed by atoms with Crippen molar-refractivity contribution >= 4 is 10.0 Å². The summed E-state index contributed by atoms with van der Waals surface area (Å²) in [5, 5.41) is 0. The summed E-state index contributed by atoms with van der Waals surface area (Å²) in [6.45, 7) is 6.28. The van der Waals surface area contributed by atoms with Crippen LogP contribution in [0, 0.1) is 0 Å². The van der Waals surface area contributed by atoms with Crippen molar-refractivity contribution < 1.29 is 13.2 Å². The van der Waals surface area contributed by atoms with E-state index in [1.165, 1.54) is 4.31 Å². The first-order valence-electron chi connectivity index (χ1n) is 6.26. The number of rotatable bonds is 8. The molecule has 0 spiro atoms. The Hall–Kier alpha value is -1.33. The first-order chi connectivity index (χ1) is 8.99. The average molecular weight is 283 g/mol. The Morgan fingerprint density at radius 1 is 1.32 bits per heavy atom. The van der Waals surface area contributed by atoms with E-state index >= 15 is 0 Å². The Labute approximate surface area is 115 Å². The zero-order chi connectivity index (χ0) is 14.3. The third-order valence-electron chi connectivity index (χ3n) is 2.63. The third-order valence-corrected chi connectivity index (χ3v) is 4.64. The largest absolute Gasteiger partial charge is 0.490 e. The fourth-order valence-electron chi connectivity index (χ4n) is 1.62. The predicted molar refractivity (Wildman–Crippen MR) is 77.7 cm³/mol. The molecule has 0 aromatic heterocycles. The lowest BCUT2D eigenvalue weighted by molar-refractivity contribution is 0.363. The molecule has 0 aliphatic rings. The first-order valence-corrected chi connectivity index (χ1v) is 7.87. The van der Waals surface area contributed by atoms with Crippen molar-refractivity contribution in [2.75, 3.05) is 19.4 Å². The van der Waals surface area contributed by atoms with Crippen LogP contribution in [0.5, 0.6) is 5.75 Å². The highest BCUT2D eigenvalue weighted by Gasteiger charge is 2.16. The molecule has 1 aromatic carbocycles. The van der Waals surface area contributed by atoms with E-state index in [0.717, 1.165) is 11.3 Å². The second-order valence-corrected chi connectivity index (χ2v) is 6.51. The number of hydrogen-bond donors (Lipinski definition) is 0. The van der Waals surface area contributed by atoms with E-state index in [9.17, 15) is 8.42 Å². The van der Waals surface area contributed by atoms with Crippen LogP contribution in [0.2, 0.25) is 0 Å². The molecular weight excluding hydrogens is 262 g/mol. The van der Waals surface area contributed by atoms with E-state index < -0.39 is 10.0 Å². The van der Waals surface area contributed by atoms with E-state index in [1.54, 1.807) is 13.1 Å². The molecule has 0 N–H and O–H groups in total. The zero-order valence-corrected chi connectivity index (χ0v) is 12.3. The minimum atomic E-state index is -3.14. The summed E-state index contributed by atoms with van der Waals surface area (Å²) in [4.78, 5) is 0. The maximum atomic E-state index is 11.8. The van der Waals surface area contributed by atoms with E-state index in [2.05, 4.69) is 6.58 Å². The molecule has 19 heavy (non-hydrogen) atoms. The Morgan fingerprint density at radius 2 is 1.95 bits per heavy atom. The van der Waals surface area contributed by atoms with Gasteiger partial charge in [-0.2, -0.15) is 0 Å². The van der Waals surface area contributed by atoms with Crippen molar-refractivity contribution in [1.29, 1.82) is 0 Å². The Bertz CT molecular complexity index is 494. The third kappa shape index (κ3) is 5.04. The number of ether oxygens (including phenoxy) is 1. The Balaban J connectivity index is 2.65. The SMILES string of the molecule is C=CCOc1ccc(CN(C)S(=O)(=O)CCC)cc1. The molecule has 106 valence electrons. The second-order valence-electron chi connectivity index (χ2n) is 4.32. The van der Waals surface area contributed by atoms with Gasteiger partial charge in [-0.1, -0.05) is 31.7 Å². The summed E-state index contributed by atoms with van der Waals surface area (Å²) in [6.07, 6.45) is 2.31. The highest BCUT2D eigenvalue weighted by atomic mass is 32.2. The molecule has 0 bridgehead atoms. The number of benzene rings is 1. The van der Waals surface area contributed by atoms with Crippen molar-refractivity contribution in [2.24, 2.45) is 0 Å². The van der Waals surface area contributed by atoms with Gasteiger partial charge >= 0.3 is 0 Å². The fraction of sp³-hybridized carbons (Fsp3) is 0.429. The highest BCUT2D eigenvalue weighted by molar-refractivity contribution is 7.89. The molecule has 1 aromatic rings. The van der Waals surface area contributed by atoms with Crippen LogP contribution in [0.15, 0.2) is 36.9 Å². The predicted octanol–water partition coefficient (Wildman–Crippen LogP) is 2.42. The number of hydrogen-bond acceptors (Lipinski definition) is 3. The molecular formula is C14H21NO3S.